The van der Waals surface area contributed by atoms with Crippen molar-refractivity contribution in [3.8, 4) is 0 Å². The summed E-state index contributed by atoms with van der Waals surface area (Å²) in [6, 6.07) is 15.7. The van der Waals surface area contributed by atoms with Gasteiger partial charge in [0.2, 0.25) is 0 Å². The maximum atomic E-state index is 12.4. The standard InChI is InChI=1S/C23H26N4O3/c28-23(25-18-8-9-21-20(12-18)26-22(30-21)17-6-7-17)24-13-19-15-27(10-11-29-19)14-16-4-2-1-3-5-16/h1-5,8-9,12,17,19H,6-7,10-11,13-15H2,(H2,24,25,28). The summed E-state index contributed by atoms with van der Waals surface area (Å²) in [5.41, 5.74) is 3.53. The van der Waals surface area contributed by atoms with E-state index in [1.807, 2.05) is 24.3 Å². The fourth-order valence-electron chi connectivity index (χ4n) is 3.80. The SMILES string of the molecule is O=C(NCC1CN(Cc2ccccc2)CCO1)Nc1ccc2oc(C3CC3)nc2c1. The predicted octanol–water partition coefficient (Wildman–Crippen LogP) is 3.73. The molecule has 1 unspecified atom stereocenters. The summed E-state index contributed by atoms with van der Waals surface area (Å²) in [6.07, 6.45) is 2.27. The summed E-state index contributed by atoms with van der Waals surface area (Å²) in [6.45, 7) is 3.73. The number of hydrogen-bond donors (Lipinski definition) is 2. The molecule has 7 heteroatoms. The number of ether oxygens (including phenoxy) is 1. The fourth-order valence-corrected chi connectivity index (χ4v) is 3.80. The minimum atomic E-state index is -0.246. The first-order valence-corrected chi connectivity index (χ1v) is 10.6. The van der Waals surface area contributed by atoms with Gasteiger partial charge in [-0.25, -0.2) is 9.78 Å². The van der Waals surface area contributed by atoms with Gasteiger partial charge >= 0.3 is 6.03 Å². The summed E-state index contributed by atoms with van der Waals surface area (Å²) in [5, 5.41) is 5.80. The largest absolute Gasteiger partial charge is 0.440 e. The van der Waals surface area contributed by atoms with Gasteiger partial charge in [-0.15, -0.1) is 0 Å². The van der Waals surface area contributed by atoms with Crippen molar-refractivity contribution in [2.24, 2.45) is 0 Å². The molecule has 1 saturated heterocycles. The minimum Gasteiger partial charge on any atom is -0.440 e. The molecule has 156 valence electrons. The van der Waals surface area contributed by atoms with Crippen LogP contribution in [0.5, 0.6) is 0 Å². The number of carbonyl (C=O) groups is 1. The van der Waals surface area contributed by atoms with Gasteiger partial charge in [-0.2, -0.15) is 0 Å². The number of oxazole rings is 1. The van der Waals surface area contributed by atoms with Gasteiger partial charge in [0.1, 0.15) is 5.52 Å². The van der Waals surface area contributed by atoms with Crippen molar-refractivity contribution < 1.29 is 13.9 Å². The molecular formula is C23H26N4O3. The second-order valence-corrected chi connectivity index (χ2v) is 8.06. The highest BCUT2D eigenvalue weighted by Gasteiger charge is 2.29. The number of hydrogen-bond acceptors (Lipinski definition) is 5. The molecule has 30 heavy (non-hydrogen) atoms. The number of benzene rings is 2. The molecule has 2 amide bonds. The Kier molecular flexibility index (Phi) is 5.38. The third-order valence-corrected chi connectivity index (χ3v) is 5.55. The van der Waals surface area contributed by atoms with E-state index in [2.05, 4.69) is 44.8 Å². The second kappa shape index (κ2) is 8.45. The van der Waals surface area contributed by atoms with Crippen molar-refractivity contribution in [1.82, 2.24) is 15.2 Å². The number of amides is 2. The van der Waals surface area contributed by atoms with Gasteiger partial charge < -0.3 is 19.8 Å². The van der Waals surface area contributed by atoms with Crippen molar-refractivity contribution in [2.45, 2.75) is 31.4 Å². The molecular weight excluding hydrogens is 380 g/mol. The first-order chi connectivity index (χ1) is 14.7. The molecule has 2 aromatic carbocycles. The van der Waals surface area contributed by atoms with Crippen molar-refractivity contribution in [1.29, 1.82) is 0 Å². The Morgan fingerprint density at radius 1 is 1.17 bits per heavy atom. The van der Waals surface area contributed by atoms with Crippen LogP contribution in [0.4, 0.5) is 10.5 Å². The molecule has 1 aliphatic heterocycles. The van der Waals surface area contributed by atoms with Crippen molar-refractivity contribution >= 4 is 22.8 Å². The molecule has 1 saturated carbocycles. The van der Waals surface area contributed by atoms with E-state index in [1.165, 1.54) is 5.56 Å². The number of urea groups is 1. The van der Waals surface area contributed by atoms with Gasteiger partial charge in [0.15, 0.2) is 11.5 Å². The van der Waals surface area contributed by atoms with Gasteiger partial charge in [0.05, 0.1) is 12.7 Å². The maximum absolute atomic E-state index is 12.4. The highest BCUT2D eigenvalue weighted by molar-refractivity contribution is 5.91. The van der Waals surface area contributed by atoms with Crippen LogP contribution in [0.1, 0.15) is 30.2 Å². The van der Waals surface area contributed by atoms with Crippen LogP contribution < -0.4 is 10.6 Å². The van der Waals surface area contributed by atoms with Crippen LogP contribution in [-0.2, 0) is 11.3 Å². The monoisotopic (exact) mass is 406 g/mol. The number of morpholine rings is 1. The molecule has 3 aromatic rings. The Hall–Kier alpha value is -2.90. The van der Waals surface area contributed by atoms with Gasteiger partial charge in [-0.3, -0.25) is 4.90 Å². The molecule has 0 spiro atoms. The van der Waals surface area contributed by atoms with Gasteiger partial charge in [-0.05, 0) is 36.6 Å². The fraction of sp³-hybridized carbons (Fsp3) is 0.391. The molecule has 0 bridgehead atoms. The van der Waals surface area contributed by atoms with E-state index in [1.54, 1.807) is 0 Å². The van der Waals surface area contributed by atoms with Gasteiger partial charge in [-0.1, -0.05) is 30.3 Å². The van der Waals surface area contributed by atoms with Crippen LogP contribution in [0.3, 0.4) is 0 Å². The summed E-state index contributed by atoms with van der Waals surface area (Å²) in [5.74, 6) is 1.27. The van der Waals surface area contributed by atoms with Crippen molar-refractivity contribution in [3.05, 3.63) is 60.0 Å². The molecule has 7 nitrogen and oxygen atoms in total. The maximum Gasteiger partial charge on any atom is 0.319 e. The Balaban J connectivity index is 1.12. The van der Waals surface area contributed by atoms with Crippen LogP contribution in [0.15, 0.2) is 52.9 Å². The zero-order valence-corrected chi connectivity index (χ0v) is 16.8. The Morgan fingerprint density at radius 2 is 2.03 bits per heavy atom. The predicted molar refractivity (Wildman–Crippen MR) is 114 cm³/mol. The normalized spacial score (nSPS) is 19.7. The number of carbonyl (C=O) groups excluding carboxylic acids is 1. The molecule has 1 aromatic heterocycles. The number of nitrogens with zero attached hydrogens (tertiary/aromatic N) is 2. The van der Waals surface area contributed by atoms with E-state index < -0.39 is 0 Å². The number of nitrogens with one attached hydrogen (secondary N) is 2. The number of rotatable bonds is 6. The zero-order valence-electron chi connectivity index (χ0n) is 16.8. The number of aromatic nitrogens is 1. The van der Waals surface area contributed by atoms with E-state index in [9.17, 15) is 4.79 Å². The topological polar surface area (TPSA) is 79.6 Å². The summed E-state index contributed by atoms with van der Waals surface area (Å²) in [7, 11) is 0. The first-order valence-electron chi connectivity index (χ1n) is 10.6. The van der Waals surface area contributed by atoms with E-state index >= 15 is 0 Å². The van der Waals surface area contributed by atoms with Crippen molar-refractivity contribution in [3.63, 3.8) is 0 Å². The quantitative estimate of drug-likeness (QED) is 0.652. The molecule has 2 fully saturated rings. The third-order valence-electron chi connectivity index (χ3n) is 5.55. The number of anilines is 1. The number of fused-ring (bicyclic) bond motifs is 1. The highest BCUT2D eigenvalue weighted by atomic mass is 16.5. The lowest BCUT2D eigenvalue weighted by atomic mass is 10.2. The molecule has 2 aliphatic rings. The van der Waals surface area contributed by atoms with Crippen LogP contribution in [0, 0.1) is 0 Å². The van der Waals surface area contributed by atoms with Crippen LogP contribution in [-0.4, -0.2) is 48.3 Å². The highest BCUT2D eigenvalue weighted by Crippen LogP contribution is 2.40. The second-order valence-electron chi connectivity index (χ2n) is 8.06. The van der Waals surface area contributed by atoms with Crippen LogP contribution in [0.25, 0.3) is 11.1 Å². The molecule has 1 aliphatic carbocycles. The zero-order chi connectivity index (χ0) is 20.3. The Bertz CT molecular complexity index is 1020. The van der Waals surface area contributed by atoms with E-state index in [4.69, 9.17) is 9.15 Å². The van der Waals surface area contributed by atoms with Crippen LogP contribution >= 0.6 is 0 Å². The first kappa shape index (κ1) is 19.1. The van der Waals surface area contributed by atoms with Crippen LogP contribution in [0.2, 0.25) is 0 Å². The van der Waals surface area contributed by atoms with E-state index in [0.29, 0.717) is 24.8 Å². The molecule has 2 N–H and O–H groups in total. The Labute approximate surface area is 175 Å². The third kappa shape index (κ3) is 4.63. The lowest BCUT2D eigenvalue weighted by Crippen LogP contribution is -2.47. The van der Waals surface area contributed by atoms with E-state index in [-0.39, 0.29) is 12.1 Å². The summed E-state index contributed by atoms with van der Waals surface area (Å²) >= 11 is 0. The van der Waals surface area contributed by atoms with Crippen molar-refractivity contribution in [2.75, 3.05) is 31.6 Å². The van der Waals surface area contributed by atoms with Gasteiger partial charge in [0.25, 0.3) is 0 Å². The minimum absolute atomic E-state index is 0.0210. The average molecular weight is 406 g/mol. The van der Waals surface area contributed by atoms with E-state index in [0.717, 1.165) is 49.5 Å². The lowest BCUT2D eigenvalue weighted by Gasteiger charge is -2.33. The average Bonchev–Trinajstić information content (AvgIpc) is 3.53. The lowest BCUT2D eigenvalue weighted by molar-refractivity contribution is -0.0285. The summed E-state index contributed by atoms with van der Waals surface area (Å²) in [4.78, 5) is 19.3. The molecule has 2 heterocycles. The molecule has 5 rings (SSSR count). The smallest absolute Gasteiger partial charge is 0.319 e. The molecule has 1 atom stereocenters. The van der Waals surface area contributed by atoms with Gasteiger partial charge in [0, 0.05) is 37.8 Å². The Morgan fingerprint density at radius 3 is 2.87 bits per heavy atom. The molecule has 0 radical (unpaired) electrons. The summed E-state index contributed by atoms with van der Waals surface area (Å²) < 4.78 is 11.6.